The molecule has 4 aliphatic rings. The number of allylic oxidation sites excluding steroid dienone is 1. The summed E-state index contributed by atoms with van der Waals surface area (Å²) in [5.41, 5.74) is 2.91. The van der Waals surface area contributed by atoms with Gasteiger partial charge in [-0.25, -0.2) is 0 Å². The Morgan fingerprint density at radius 2 is 1.74 bits per heavy atom. The third-order valence-electron chi connectivity index (χ3n) is 10.5. The first-order valence-electron chi connectivity index (χ1n) is 13.2. The summed E-state index contributed by atoms with van der Waals surface area (Å²) in [5, 5.41) is 0. The van der Waals surface area contributed by atoms with Gasteiger partial charge in [0.05, 0.1) is 11.5 Å². The van der Waals surface area contributed by atoms with Gasteiger partial charge in [0, 0.05) is 6.42 Å². The summed E-state index contributed by atoms with van der Waals surface area (Å²) >= 11 is 0. The summed E-state index contributed by atoms with van der Waals surface area (Å²) in [6.45, 7) is 9.30. The zero-order chi connectivity index (χ0) is 24.3. The van der Waals surface area contributed by atoms with E-state index in [0.717, 1.165) is 30.7 Å². The van der Waals surface area contributed by atoms with Crippen LogP contribution in [0.1, 0.15) is 77.7 Å². The van der Waals surface area contributed by atoms with Crippen LogP contribution in [0.15, 0.2) is 40.8 Å². The third-order valence-corrected chi connectivity index (χ3v) is 11.8. The van der Waals surface area contributed by atoms with Gasteiger partial charge in [-0.05, 0) is 110 Å². The van der Waals surface area contributed by atoms with Gasteiger partial charge in [0.15, 0.2) is 5.78 Å². The van der Waals surface area contributed by atoms with Gasteiger partial charge in [-0.3, -0.25) is 8.98 Å². The van der Waals surface area contributed by atoms with Crippen LogP contribution in [-0.2, 0) is 19.1 Å². The highest BCUT2D eigenvalue weighted by molar-refractivity contribution is 7.86. The van der Waals surface area contributed by atoms with Gasteiger partial charge in [0.2, 0.25) is 0 Å². The minimum absolute atomic E-state index is 0.201. The molecule has 5 rings (SSSR count). The lowest BCUT2D eigenvalue weighted by Gasteiger charge is -2.58. The van der Waals surface area contributed by atoms with Crippen LogP contribution in [0.4, 0.5) is 0 Å². The molecule has 0 saturated heterocycles. The van der Waals surface area contributed by atoms with Crippen molar-refractivity contribution in [1.82, 2.24) is 0 Å². The molecule has 1 aromatic carbocycles. The van der Waals surface area contributed by atoms with E-state index < -0.39 is 10.1 Å². The molecule has 0 amide bonds. The van der Waals surface area contributed by atoms with Gasteiger partial charge in [0.1, 0.15) is 0 Å². The average Bonchev–Trinajstić information content (AvgIpc) is 3.15. The maximum absolute atomic E-state index is 12.8. The molecule has 4 nitrogen and oxygen atoms in total. The second-order valence-electron chi connectivity index (χ2n) is 12.2. The lowest BCUT2D eigenvalue weighted by Crippen LogP contribution is -2.51. The van der Waals surface area contributed by atoms with Crippen molar-refractivity contribution in [2.45, 2.75) is 84.0 Å². The number of hydrogen-bond donors (Lipinski definition) is 0. The molecular weight excluding hydrogens is 444 g/mol. The largest absolute Gasteiger partial charge is 0.296 e. The van der Waals surface area contributed by atoms with E-state index in [0.29, 0.717) is 30.0 Å². The average molecular weight is 485 g/mol. The van der Waals surface area contributed by atoms with Gasteiger partial charge in [0.25, 0.3) is 10.1 Å². The Kier molecular flexibility index (Phi) is 6.12. The maximum atomic E-state index is 12.8. The van der Waals surface area contributed by atoms with Gasteiger partial charge in [-0.2, -0.15) is 8.42 Å². The Bertz CT molecular complexity index is 1090. The van der Waals surface area contributed by atoms with Crippen LogP contribution in [-0.4, -0.2) is 20.8 Å². The molecule has 0 radical (unpaired) electrons. The molecule has 186 valence electrons. The molecule has 5 heteroatoms. The standard InChI is InChI=1S/C29H40O4S/c1-19-5-8-23(9-6-19)34(31,32)33-18-20(2)25-11-12-26-24-10-7-21-17-22(30)13-15-28(21,3)27(24)14-16-29(25,26)4/h5-6,8-9,17,20,24-27H,7,10-16,18H2,1-4H3/t20?,24?,25?,26?,27?,28-,29+/m0/s1. The fourth-order valence-corrected chi connectivity index (χ4v) is 9.62. The number of fused-ring (bicyclic) bond motifs is 5. The van der Waals surface area contributed by atoms with Crippen LogP contribution in [0.25, 0.3) is 0 Å². The SMILES string of the molecule is Cc1ccc(S(=O)(=O)OCC(C)C2CCC3C4CCC5=CC(=O)CC[C@]5(C)C4CC[C@]23C)cc1. The van der Waals surface area contributed by atoms with Crippen LogP contribution < -0.4 is 0 Å². The number of hydrogen-bond acceptors (Lipinski definition) is 4. The predicted molar refractivity (Wildman–Crippen MR) is 134 cm³/mol. The third kappa shape index (κ3) is 3.91. The monoisotopic (exact) mass is 484 g/mol. The van der Waals surface area contributed by atoms with Crippen LogP contribution in [0.2, 0.25) is 0 Å². The Labute approximate surface area is 205 Å². The van der Waals surface area contributed by atoms with E-state index in [1.165, 1.54) is 31.3 Å². The van der Waals surface area contributed by atoms with Gasteiger partial charge < -0.3 is 0 Å². The first kappa shape index (κ1) is 24.2. The minimum Gasteiger partial charge on any atom is -0.295 e. The molecule has 3 saturated carbocycles. The van der Waals surface area contributed by atoms with Crippen molar-refractivity contribution in [3.63, 3.8) is 0 Å². The van der Waals surface area contributed by atoms with E-state index in [1.807, 2.05) is 25.1 Å². The number of carbonyl (C=O) groups is 1. The number of benzene rings is 1. The van der Waals surface area contributed by atoms with Crippen molar-refractivity contribution in [1.29, 1.82) is 0 Å². The molecule has 0 heterocycles. The molecule has 3 fully saturated rings. The molecule has 4 aliphatic carbocycles. The molecule has 0 aromatic heterocycles. The van der Waals surface area contributed by atoms with E-state index in [2.05, 4.69) is 20.8 Å². The van der Waals surface area contributed by atoms with Gasteiger partial charge in [-0.1, -0.05) is 44.0 Å². The first-order valence-corrected chi connectivity index (χ1v) is 14.7. The summed E-state index contributed by atoms with van der Waals surface area (Å²) in [6.07, 6.45) is 10.8. The lowest BCUT2D eigenvalue weighted by molar-refractivity contribution is -0.117. The first-order chi connectivity index (χ1) is 16.0. The zero-order valence-corrected chi connectivity index (χ0v) is 22.0. The van der Waals surface area contributed by atoms with Gasteiger partial charge >= 0.3 is 0 Å². The molecular formula is C29H40O4S. The molecule has 0 aliphatic heterocycles. The quantitative estimate of drug-likeness (QED) is 0.449. The second-order valence-corrected chi connectivity index (χ2v) is 13.8. The number of ketones is 1. The molecule has 7 atom stereocenters. The van der Waals surface area contributed by atoms with Gasteiger partial charge in [-0.15, -0.1) is 0 Å². The molecule has 0 N–H and O–H groups in total. The van der Waals surface area contributed by atoms with Crippen LogP contribution >= 0.6 is 0 Å². The summed E-state index contributed by atoms with van der Waals surface area (Å²) in [7, 11) is -3.73. The van der Waals surface area contributed by atoms with Crippen molar-refractivity contribution in [3.05, 3.63) is 41.5 Å². The molecule has 0 spiro atoms. The molecule has 1 aromatic rings. The fraction of sp³-hybridized carbons (Fsp3) is 0.690. The summed E-state index contributed by atoms with van der Waals surface area (Å²) < 4.78 is 31.1. The lowest BCUT2D eigenvalue weighted by atomic mass is 9.46. The number of rotatable bonds is 5. The Hall–Kier alpha value is -1.46. The maximum Gasteiger partial charge on any atom is 0.296 e. The van der Waals surface area contributed by atoms with Crippen LogP contribution in [0.3, 0.4) is 0 Å². The summed E-state index contributed by atoms with van der Waals surface area (Å²) in [5.74, 6) is 3.12. The predicted octanol–water partition coefficient (Wildman–Crippen LogP) is 6.48. The smallest absolute Gasteiger partial charge is 0.295 e. The number of aryl methyl sites for hydroxylation is 1. The molecule has 34 heavy (non-hydrogen) atoms. The molecule has 5 unspecified atom stereocenters. The second kappa shape index (κ2) is 8.58. The van der Waals surface area contributed by atoms with Crippen molar-refractivity contribution in [3.8, 4) is 0 Å². The fourth-order valence-electron chi connectivity index (χ4n) is 8.62. The van der Waals surface area contributed by atoms with Crippen molar-refractivity contribution in [2.75, 3.05) is 6.61 Å². The zero-order valence-electron chi connectivity index (χ0n) is 21.2. The van der Waals surface area contributed by atoms with Crippen LogP contribution in [0.5, 0.6) is 0 Å². The molecule has 0 bridgehead atoms. The van der Waals surface area contributed by atoms with Crippen LogP contribution in [0, 0.1) is 47.3 Å². The Morgan fingerprint density at radius 1 is 1.00 bits per heavy atom. The van der Waals surface area contributed by atoms with E-state index in [4.69, 9.17) is 4.18 Å². The highest BCUT2D eigenvalue weighted by Crippen LogP contribution is 2.67. The van der Waals surface area contributed by atoms with E-state index in [9.17, 15) is 13.2 Å². The van der Waals surface area contributed by atoms with E-state index in [-0.39, 0.29) is 28.3 Å². The van der Waals surface area contributed by atoms with Crippen molar-refractivity contribution in [2.24, 2.45) is 40.4 Å². The highest BCUT2D eigenvalue weighted by atomic mass is 32.2. The van der Waals surface area contributed by atoms with E-state index in [1.54, 1.807) is 12.1 Å². The minimum atomic E-state index is -3.73. The summed E-state index contributed by atoms with van der Waals surface area (Å²) in [6, 6.07) is 6.89. The number of carbonyl (C=O) groups excluding carboxylic acids is 1. The summed E-state index contributed by atoms with van der Waals surface area (Å²) in [4.78, 5) is 12.3. The van der Waals surface area contributed by atoms with Crippen molar-refractivity contribution >= 4 is 15.9 Å². The Morgan fingerprint density at radius 3 is 2.47 bits per heavy atom. The van der Waals surface area contributed by atoms with Crippen molar-refractivity contribution < 1.29 is 17.4 Å². The normalized spacial score (nSPS) is 38.5. The Balaban J connectivity index is 1.29. The highest BCUT2D eigenvalue weighted by Gasteiger charge is 2.59. The van der Waals surface area contributed by atoms with E-state index >= 15 is 0 Å². The topological polar surface area (TPSA) is 60.4 Å².